The van der Waals surface area contributed by atoms with Gasteiger partial charge < -0.3 is 15.2 Å². The lowest BCUT2D eigenvalue weighted by atomic mass is 10.2. The monoisotopic (exact) mass is 341 g/mol. The van der Waals surface area contributed by atoms with Crippen LogP contribution >= 0.6 is 0 Å². The van der Waals surface area contributed by atoms with Gasteiger partial charge in [-0.25, -0.2) is 4.98 Å². The van der Waals surface area contributed by atoms with Crippen LogP contribution in [0.15, 0.2) is 24.3 Å². The molecule has 1 aliphatic rings. The van der Waals surface area contributed by atoms with Crippen molar-refractivity contribution in [1.29, 1.82) is 0 Å². The summed E-state index contributed by atoms with van der Waals surface area (Å²) in [7, 11) is 1.60. The summed E-state index contributed by atoms with van der Waals surface area (Å²) in [6.07, 6.45) is 0. The number of fused-ring (bicyclic) bond motifs is 2. The SMILES string of the molecule is COc1ccc2cc3c(N)nn(C(=O)CN4CCOCC4)c3nc2c1. The van der Waals surface area contributed by atoms with Gasteiger partial charge in [-0.05, 0) is 18.2 Å². The van der Waals surface area contributed by atoms with Crippen LogP contribution in [0.5, 0.6) is 5.75 Å². The predicted octanol–water partition coefficient (Wildman–Crippen LogP) is 1.15. The molecular formula is C17H19N5O3. The first-order chi connectivity index (χ1) is 12.2. The van der Waals surface area contributed by atoms with E-state index in [-0.39, 0.29) is 12.5 Å². The molecule has 1 saturated heterocycles. The van der Waals surface area contributed by atoms with Crippen LogP contribution in [-0.2, 0) is 4.74 Å². The van der Waals surface area contributed by atoms with Gasteiger partial charge in [-0.2, -0.15) is 4.68 Å². The van der Waals surface area contributed by atoms with E-state index in [1.54, 1.807) is 7.11 Å². The van der Waals surface area contributed by atoms with E-state index >= 15 is 0 Å². The number of hydrogen-bond donors (Lipinski definition) is 1. The molecule has 0 radical (unpaired) electrons. The molecule has 0 aliphatic carbocycles. The number of benzene rings is 1. The van der Waals surface area contributed by atoms with Crippen molar-refractivity contribution in [2.24, 2.45) is 0 Å². The van der Waals surface area contributed by atoms with Crippen molar-refractivity contribution in [2.45, 2.75) is 0 Å². The lowest BCUT2D eigenvalue weighted by Gasteiger charge is -2.25. The van der Waals surface area contributed by atoms with E-state index in [1.165, 1.54) is 4.68 Å². The minimum absolute atomic E-state index is 0.154. The quantitative estimate of drug-likeness (QED) is 0.763. The van der Waals surface area contributed by atoms with Gasteiger partial charge in [0.1, 0.15) is 5.75 Å². The van der Waals surface area contributed by atoms with Crippen molar-refractivity contribution < 1.29 is 14.3 Å². The second-order valence-electron chi connectivity index (χ2n) is 6.00. The lowest BCUT2D eigenvalue weighted by Crippen LogP contribution is -2.41. The molecule has 2 N–H and O–H groups in total. The summed E-state index contributed by atoms with van der Waals surface area (Å²) in [4.78, 5) is 19.3. The molecule has 1 aliphatic heterocycles. The Morgan fingerprint density at radius 3 is 2.88 bits per heavy atom. The van der Waals surface area contributed by atoms with Crippen molar-refractivity contribution in [1.82, 2.24) is 19.7 Å². The molecule has 3 heterocycles. The summed E-state index contributed by atoms with van der Waals surface area (Å²) < 4.78 is 11.9. The standard InChI is InChI=1S/C17H19N5O3/c1-24-12-3-2-11-8-13-16(18)20-22(17(13)19-14(11)9-12)15(23)10-21-4-6-25-7-5-21/h2-3,8-9H,4-7,10H2,1H3,(H2,18,20). The number of nitrogens with zero attached hydrogens (tertiary/aromatic N) is 4. The summed E-state index contributed by atoms with van der Waals surface area (Å²) in [5.41, 5.74) is 7.21. The maximum atomic E-state index is 12.7. The maximum absolute atomic E-state index is 12.7. The Bertz CT molecular complexity index is 946. The molecule has 8 heteroatoms. The van der Waals surface area contributed by atoms with Gasteiger partial charge in [0.25, 0.3) is 5.91 Å². The summed E-state index contributed by atoms with van der Waals surface area (Å²) in [6, 6.07) is 7.50. The minimum Gasteiger partial charge on any atom is -0.497 e. The van der Waals surface area contributed by atoms with Gasteiger partial charge in [-0.3, -0.25) is 9.69 Å². The fourth-order valence-corrected chi connectivity index (χ4v) is 3.01. The first kappa shape index (κ1) is 15.8. The van der Waals surface area contributed by atoms with Gasteiger partial charge in [0.05, 0.1) is 37.8 Å². The van der Waals surface area contributed by atoms with Crippen LogP contribution in [0.25, 0.3) is 21.9 Å². The van der Waals surface area contributed by atoms with Gasteiger partial charge in [0.15, 0.2) is 11.5 Å². The number of morpholine rings is 1. The van der Waals surface area contributed by atoms with Crippen LogP contribution in [-0.4, -0.2) is 65.5 Å². The lowest BCUT2D eigenvalue weighted by molar-refractivity contribution is 0.0346. The third-order valence-corrected chi connectivity index (χ3v) is 4.39. The average Bonchev–Trinajstić information content (AvgIpc) is 2.96. The molecular weight excluding hydrogens is 322 g/mol. The first-order valence-corrected chi connectivity index (χ1v) is 8.12. The minimum atomic E-state index is -0.154. The Balaban J connectivity index is 1.75. The third kappa shape index (κ3) is 2.90. The van der Waals surface area contributed by atoms with E-state index < -0.39 is 0 Å². The van der Waals surface area contributed by atoms with Gasteiger partial charge in [0.2, 0.25) is 0 Å². The zero-order chi connectivity index (χ0) is 17.4. The fourth-order valence-electron chi connectivity index (χ4n) is 3.01. The molecule has 130 valence electrons. The van der Waals surface area contributed by atoms with Crippen LogP contribution in [0.3, 0.4) is 0 Å². The number of carbonyl (C=O) groups excluding carboxylic acids is 1. The molecule has 2 aromatic heterocycles. The van der Waals surface area contributed by atoms with E-state index in [2.05, 4.69) is 10.1 Å². The summed E-state index contributed by atoms with van der Waals surface area (Å²) in [6.45, 7) is 3.00. The normalized spacial score (nSPS) is 15.7. The third-order valence-electron chi connectivity index (χ3n) is 4.39. The van der Waals surface area contributed by atoms with Gasteiger partial charge in [-0.15, -0.1) is 5.10 Å². The van der Waals surface area contributed by atoms with E-state index in [9.17, 15) is 4.79 Å². The highest BCUT2D eigenvalue weighted by Crippen LogP contribution is 2.26. The molecule has 25 heavy (non-hydrogen) atoms. The number of aromatic nitrogens is 3. The number of anilines is 1. The van der Waals surface area contributed by atoms with Gasteiger partial charge in [-0.1, -0.05) is 0 Å². The molecule has 0 spiro atoms. The van der Waals surface area contributed by atoms with Gasteiger partial charge in [0, 0.05) is 24.5 Å². The zero-order valence-corrected chi connectivity index (χ0v) is 13.9. The van der Waals surface area contributed by atoms with Crippen LogP contribution in [0.1, 0.15) is 4.79 Å². The second kappa shape index (κ2) is 6.30. The van der Waals surface area contributed by atoms with Crippen LogP contribution < -0.4 is 10.5 Å². The summed E-state index contributed by atoms with van der Waals surface area (Å²) in [5, 5.41) is 5.80. The zero-order valence-electron chi connectivity index (χ0n) is 13.9. The van der Waals surface area contributed by atoms with Gasteiger partial charge >= 0.3 is 0 Å². The predicted molar refractivity (Wildman–Crippen MR) is 93.9 cm³/mol. The van der Waals surface area contributed by atoms with Crippen molar-refractivity contribution in [3.05, 3.63) is 24.3 Å². The van der Waals surface area contributed by atoms with E-state index in [0.717, 1.165) is 24.0 Å². The molecule has 0 bridgehead atoms. The second-order valence-corrected chi connectivity index (χ2v) is 6.00. The number of nitrogen functional groups attached to an aromatic ring is 1. The molecule has 0 unspecified atom stereocenters. The Hall–Kier alpha value is -2.71. The highest BCUT2D eigenvalue weighted by atomic mass is 16.5. The largest absolute Gasteiger partial charge is 0.497 e. The maximum Gasteiger partial charge on any atom is 0.263 e. The molecule has 1 aromatic carbocycles. The van der Waals surface area contributed by atoms with Crippen molar-refractivity contribution in [3.8, 4) is 5.75 Å². The number of nitrogens with two attached hydrogens (primary N) is 1. The first-order valence-electron chi connectivity index (χ1n) is 8.12. The molecule has 1 fully saturated rings. The molecule has 0 saturated carbocycles. The molecule has 4 rings (SSSR count). The summed E-state index contributed by atoms with van der Waals surface area (Å²) >= 11 is 0. The molecule has 8 nitrogen and oxygen atoms in total. The number of rotatable bonds is 3. The Labute approximate surface area is 144 Å². The van der Waals surface area contributed by atoms with Crippen molar-refractivity contribution >= 4 is 33.7 Å². The van der Waals surface area contributed by atoms with Crippen LogP contribution in [0, 0.1) is 0 Å². The van der Waals surface area contributed by atoms with E-state index in [0.29, 0.717) is 35.8 Å². The van der Waals surface area contributed by atoms with Crippen molar-refractivity contribution in [2.75, 3.05) is 45.7 Å². The highest BCUT2D eigenvalue weighted by Gasteiger charge is 2.20. The number of pyridine rings is 1. The number of ether oxygens (including phenoxy) is 2. The smallest absolute Gasteiger partial charge is 0.263 e. The van der Waals surface area contributed by atoms with Crippen LogP contribution in [0.2, 0.25) is 0 Å². The highest BCUT2D eigenvalue weighted by molar-refractivity contribution is 6.00. The Morgan fingerprint density at radius 1 is 1.32 bits per heavy atom. The fraction of sp³-hybridized carbons (Fsp3) is 0.353. The number of methoxy groups -OCH3 is 1. The van der Waals surface area contributed by atoms with E-state index in [4.69, 9.17) is 15.2 Å². The van der Waals surface area contributed by atoms with Crippen molar-refractivity contribution in [3.63, 3.8) is 0 Å². The molecule has 3 aromatic rings. The molecule has 0 atom stereocenters. The number of hydrogen-bond acceptors (Lipinski definition) is 7. The Morgan fingerprint density at radius 2 is 2.12 bits per heavy atom. The van der Waals surface area contributed by atoms with Crippen LogP contribution in [0.4, 0.5) is 5.82 Å². The topological polar surface area (TPSA) is 95.5 Å². The summed E-state index contributed by atoms with van der Waals surface area (Å²) in [5.74, 6) is 0.854. The number of carbonyl (C=O) groups is 1. The average molecular weight is 341 g/mol. The van der Waals surface area contributed by atoms with E-state index in [1.807, 2.05) is 29.2 Å². The molecule has 0 amide bonds. The Kier molecular flexibility index (Phi) is 3.98.